The van der Waals surface area contributed by atoms with Crippen LogP contribution in [0.1, 0.15) is 18.4 Å². The summed E-state index contributed by atoms with van der Waals surface area (Å²) in [7, 11) is 1.45. The molecule has 2 heterocycles. The maximum atomic E-state index is 13.7. The topological polar surface area (TPSA) is 70.5 Å². The van der Waals surface area contributed by atoms with E-state index in [-0.39, 0.29) is 24.2 Å². The lowest BCUT2D eigenvalue weighted by molar-refractivity contribution is 0.266. The van der Waals surface area contributed by atoms with Crippen molar-refractivity contribution in [1.29, 1.82) is 0 Å². The van der Waals surface area contributed by atoms with Crippen LogP contribution in [-0.4, -0.2) is 47.9 Å². The first-order valence-corrected chi connectivity index (χ1v) is 8.47. The molecule has 2 N–H and O–H groups in total. The first-order valence-electron chi connectivity index (χ1n) is 8.47. The molecule has 0 saturated carbocycles. The van der Waals surface area contributed by atoms with E-state index in [4.69, 9.17) is 4.74 Å². The molecule has 0 radical (unpaired) electrons. The first-order chi connectivity index (χ1) is 12.2. The number of hydrogen-bond acceptors (Lipinski definition) is 6. The van der Waals surface area contributed by atoms with Crippen molar-refractivity contribution in [3.05, 3.63) is 42.0 Å². The summed E-state index contributed by atoms with van der Waals surface area (Å²) in [5.41, 5.74) is 0.889. The minimum absolute atomic E-state index is 0.130. The van der Waals surface area contributed by atoms with Crippen LogP contribution in [0.25, 0.3) is 0 Å². The highest BCUT2D eigenvalue weighted by Crippen LogP contribution is 2.24. The Morgan fingerprint density at radius 2 is 2.24 bits per heavy atom. The van der Waals surface area contributed by atoms with E-state index >= 15 is 0 Å². The zero-order valence-corrected chi connectivity index (χ0v) is 14.3. The second-order valence-electron chi connectivity index (χ2n) is 6.08. The molecule has 3 rings (SSSR count). The highest BCUT2D eigenvalue weighted by atomic mass is 19.1. The quantitative estimate of drug-likeness (QED) is 0.801. The summed E-state index contributed by atoms with van der Waals surface area (Å²) in [6, 6.07) is 7.00. The number of hydrogen-bond donors (Lipinski definition) is 2. The smallest absolute Gasteiger partial charge is 0.165 e. The van der Waals surface area contributed by atoms with Gasteiger partial charge < -0.3 is 20.1 Å². The average molecular weight is 346 g/mol. The van der Waals surface area contributed by atoms with Crippen molar-refractivity contribution < 1.29 is 14.2 Å². The molecule has 0 amide bonds. The van der Waals surface area contributed by atoms with Gasteiger partial charge in [-0.15, -0.1) is 0 Å². The number of methoxy groups -OCH3 is 1. The van der Waals surface area contributed by atoms with Gasteiger partial charge in [-0.25, -0.2) is 14.4 Å². The number of halogens is 1. The van der Waals surface area contributed by atoms with Crippen molar-refractivity contribution in [2.75, 3.05) is 37.0 Å². The van der Waals surface area contributed by atoms with Crippen LogP contribution < -0.4 is 15.0 Å². The van der Waals surface area contributed by atoms with Crippen LogP contribution in [0, 0.1) is 5.82 Å². The van der Waals surface area contributed by atoms with Crippen LogP contribution in [0.15, 0.2) is 30.6 Å². The van der Waals surface area contributed by atoms with Gasteiger partial charge in [0, 0.05) is 19.2 Å². The van der Waals surface area contributed by atoms with Crippen molar-refractivity contribution in [2.45, 2.75) is 25.3 Å². The molecule has 1 fully saturated rings. The molecule has 6 nitrogen and oxygen atoms in total. The summed E-state index contributed by atoms with van der Waals surface area (Å²) >= 11 is 0. The maximum Gasteiger partial charge on any atom is 0.165 e. The van der Waals surface area contributed by atoms with Gasteiger partial charge in [-0.2, -0.15) is 0 Å². The minimum atomic E-state index is -0.353. The normalized spacial score (nSPS) is 16.9. The Balaban J connectivity index is 1.58. The fourth-order valence-electron chi connectivity index (χ4n) is 3.13. The lowest BCUT2D eigenvalue weighted by atomic mass is 10.1. The molecular weight excluding hydrogens is 323 g/mol. The summed E-state index contributed by atoms with van der Waals surface area (Å²) in [5.74, 6) is 1.45. The number of ether oxygens (including phenoxy) is 1. The Bertz CT molecular complexity index is 713. The maximum absolute atomic E-state index is 13.7. The van der Waals surface area contributed by atoms with Gasteiger partial charge in [0.2, 0.25) is 0 Å². The van der Waals surface area contributed by atoms with Gasteiger partial charge in [-0.1, -0.05) is 6.07 Å². The zero-order valence-electron chi connectivity index (χ0n) is 14.3. The lowest BCUT2D eigenvalue weighted by Gasteiger charge is -2.24. The molecule has 1 aliphatic rings. The molecule has 1 aromatic carbocycles. The van der Waals surface area contributed by atoms with Crippen molar-refractivity contribution >= 4 is 11.6 Å². The van der Waals surface area contributed by atoms with Crippen molar-refractivity contribution in [2.24, 2.45) is 0 Å². The van der Waals surface area contributed by atoms with E-state index in [2.05, 4.69) is 20.2 Å². The number of anilines is 2. The SMILES string of the molecule is COc1ccc(CCNc2cc(N3CCCC3CO)ncn2)cc1F. The highest BCUT2D eigenvalue weighted by Gasteiger charge is 2.25. The van der Waals surface area contributed by atoms with Crippen LogP contribution in [0.2, 0.25) is 0 Å². The molecule has 1 aromatic heterocycles. The van der Waals surface area contributed by atoms with Gasteiger partial charge in [0.15, 0.2) is 11.6 Å². The Morgan fingerprint density at radius 3 is 3.00 bits per heavy atom. The van der Waals surface area contributed by atoms with Crippen LogP contribution in [0.3, 0.4) is 0 Å². The second-order valence-corrected chi connectivity index (χ2v) is 6.08. The standard InChI is InChI=1S/C18H23FN4O2/c1-25-16-5-4-13(9-15(16)19)6-7-20-17-10-18(22-12-21-17)23-8-2-3-14(23)11-24/h4-5,9-10,12,14,24H,2-3,6-8,11H2,1H3,(H,20,21,22). The number of nitrogens with zero attached hydrogens (tertiary/aromatic N) is 3. The summed E-state index contributed by atoms with van der Waals surface area (Å²) in [5, 5.41) is 12.7. The summed E-state index contributed by atoms with van der Waals surface area (Å²) in [6.45, 7) is 1.66. The number of rotatable bonds is 7. The Kier molecular flexibility index (Phi) is 5.65. The third-order valence-corrected chi connectivity index (χ3v) is 4.47. The molecule has 134 valence electrons. The largest absolute Gasteiger partial charge is 0.494 e. The fourth-order valence-corrected chi connectivity index (χ4v) is 3.13. The van der Waals surface area contributed by atoms with Crippen LogP contribution in [0.5, 0.6) is 5.75 Å². The van der Waals surface area contributed by atoms with Crippen LogP contribution >= 0.6 is 0 Å². The van der Waals surface area contributed by atoms with Crippen molar-refractivity contribution in [3.63, 3.8) is 0 Å². The van der Waals surface area contributed by atoms with Crippen LogP contribution in [-0.2, 0) is 6.42 Å². The predicted molar refractivity (Wildman–Crippen MR) is 94.6 cm³/mol. The second kappa shape index (κ2) is 8.11. The molecule has 1 saturated heterocycles. The summed E-state index contributed by atoms with van der Waals surface area (Å²) in [4.78, 5) is 10.7. The number of benzene rings is 1. The average Bonchev–Trinajstić information content (AvgIpc) is 3.11. The third-order valence-electron chi connectivity index (χ3n) is 4.47. The molecule has 0 bridgehead atoms. The Morgan fingerprint density at radius 1 is 1.36 bits per heavy atom. The van der Waals surface area contributed by atoms with E-state index in [0.717, 1.165) is 36.6 Å². The van der Waals surface area contributed by atoms with E-state index in [0.29, 0.717) is 13.0 Å². The number of aromatic nitrogens is 2. The first kappa shape index (κ1) is 17.4. The molecule has 1 aliphatic heterocycles. The lowest BCUT2D eigenvalue weighted by Crippen LogP contribution is -2.32. The zero-order chi connectivity index (χ0) is 17.6. The summed E-state index contributed by atoms with van der Waals surface area (Å²) < 4.78 is 18.6. The molecule has 0 spiro atoms. The molecule has 2 aromatic rings. The number of aliphatic hydroxyl groups is 1. The third kappa shape index (κ3) is 4.17. The van der Waals surface area contributed by atoms with Gasteiger partial charge >= 0.3 is 0 Å². The molecule has 1 atom stereocenters. The predicted octanol–water partition coefficient (Wildman–Crippen LogP) is 2.24. The van der Waals surface area contributed by atoms with Gasteiger partial charge in [0.25, 0.3) is 0 Å². The van der Waals surface area contributed by atoms with E-state index in [1.54, 1.807) is 6.07 Å². The van der Waals surface area contributed by atoms with Crippen molar-refractivity contribution in [3.8, 4) is 5.75 Å². The van der Waals surface area contributed by atoms with E-state index in [9.17, 15) is 9.50 Å². The number of nitrogens with one attached hydrogen (secondary N) is 1. The van der Waals surface area contributed by atoms with E-state index in [1.165, 1.54) is 19.5 Å². The van der Waals surface area contributed by atoms with Gasteiger partial charge in [-0.05, 0) is 37.0 Å². The van der Waals surface area contributed by atoms with Gasteiger partial charge in [0.1, 0.15) is 18.0 Å². The highest BCUT2D eigenvalue weighted by molar-refractivity contribution is 5.50. The van der Waals surface area contributed by atoms with E-state index < -0.39 is 0 Å². The minimum Gasteiger partial charge on any atom is -0.494 e. The fraction of sp³-hybridized carbons (Fsp3) is 0.444. The van der Waals surface area contributed by atoms with Gasteiger partial charge in [-0.3, -0.25) is 0 Å². The van der Waals surface area contributed by atoms with Crippen LogP contribution in [0.4, 0.5) is 16.0 Å². The van der Waals surface area contributed by atoms with E-state index in [1.807, 2.05) is 12.1 Å². The molecule has 7 heteroatoms. The summed E-state index contributed by atoms with van der Waals surface area (Å²) in [6.07, 6.45) is 4.23. The van der Waals surface area contributed by atoms with Crippen molar-refractivity contribution in [1.82, 2.24) is 9.97 Å². The van der Waals surface area contributed by atoms with Gasteiger partial charge in [0.05, 0.1) is 19.8 Å². The molecular formula is C18H23FN4O2. The molecule has 0 aliphatic carbocycles. The molecule has 1 unspecified atom stereocenters. The Hall–Kier alpha value is -2.41. The Labute approximate surface area is 146 Å². The monoisotopic (exact) mass is 346 g/mol. The molecule has 25 heavy (non-hydrogen) atoms. The number of aliphatic hydroxyl groups excluding tert-OH is 1.